The normalized spacial score (nSPS) is 12.7. The molecule has 0 saturated carbocycles. The number of nitrogens with two attached hydrogens (primary N) is 1. The van der Waals surface area contributed by atoms with Crippen molar-refractivity contribution >= 4 is 28.1 Å². The van der Waals surface area contributed by atoms with Gasteiger partial charge >= 0.3 is 0 Å². The largest absolute Gasteiger partial charge is 0.497 e. The van der Waals surface area contributed by atoms with Gasteiger partial charge in [-0.2, -0.15) is 4.31 Å². The fourth-order valence-electron chi connectivity index (χ4n) is 3.00. The van der Waals surface area contributed by atoms with Crippen molar-refractivity contribution in [1.82, 2.24) is 9.29 Å². The van der Waals surface area contributed by atoms with Gasteiger partial charge in [-0.05, 0) is 53.1 Å². The number of ether oxygens (including phenoxy) is 1. The Morgan fingerprint density at radius 2 is 1.75 bits per heavy atom. The van der Waals surface area contributed by atoms with E-state index in [1.807, 2.05) is 36.4 Å². The van der Waals surface area contributed by atoms with Gasteiger partial charge in [-0.3, -0.25) is 9.78 Å². The smallest absolute Gasteiger partial charge is 0.262 e. The molecular weight excluding hydrogens is 430 g/mol. The van der Waals surface area contributed by atoms with E-state index in [4.69, 9.17) is 10.5 Å². The Hall–Kier alpha value is -3.53. The molecular formula is C23H23N3O5S. The molecule has 0 bridgehead atoms. The lowest BCUT2D eigenvalue weighted by atomic mass is 10.1. The highest BCUT2D eigenvalue weighted by atomic mass is 32.2. The van der Waals surface area contributed by atoms with Gasteiger partial charge in [0.15, 0.2) is 0 Å². The summed E-state index contributed by atoms with van der Waals surface area (Å²) in [5, 5.41) is 10.4. The molecule has 0 spiro atoms. The lowest BCUT2D eigenvalue weighted by Crippen LogP contribution is -2.47. The fraction of sp³-hybridized carbons (Fsp3) is 0.130. The molecule has 0 aliphatic heterocycles. The molecule has 1 heterocycles. The molecule has 0 saturated heterocycles. The number of rotatable bonds is 9. The number of hydrogen-bond donors (Lipinski definition) is 2. The zero-order valence-corrected chi connectivity index (χ0v) is 18.1. The second kappa shape index (κ2) is 10.2. The van der Waals surface area contributed by atoms with Crippen molar-refractivity contribution in [3.05, 3.63) is 89.7 Å². The van der Waals surface area contributed by atoms with Crippen molar-refractivity contribution in [2.24, 2.45) is 5.73 Å². The summed E-state index contributed by atoms with van der Waals surface area (Å²) in [6.07, 6.45) is 4.96. The number of pyridine rings is 1. The zero-order valence-electron chi connectivity index (χ0n) is 17.3. The van der Waals surface area contributed by atoms with Crippen LogP contribution >= 0.6 is 0 Å². The highest BCUT2D eigenvalue weighted by Gasteiger charge is 2.34. The number of carbonyl (C=O) groups is 1. The van der Waals surface area contributed by atoms with E-state index in [1.54, 1.807) is 24.5 Å². The standard InChI is InChI=1S/C23H23N3O5S/c1-31-20-8-10-21(11-9-20)32(29,30)26(23(28)22(24)27)16-19-5-3-2-4-18(19)7-6-17-12-14-25-15-13-17/h2-15,23,28H,16H2,1H3,(H2,24,27)/b7-6+. The molecule has 3 aromatic rings. The van der Waals surface area contributed by atoms with Crippen LogP contribution in [0.25, 0.3) is 12.2 Å². The molecule has 8 nitrogen and oxygen atoms in total. The van der Waals surface area contributed by atoms with Gasteiger partial charge in [0.25, 0.3) is 5.91 Å². The first-order valence-electron chi connectivity index (χ1n) is 9.62. The number of nitrogens with zero attached hydrogens (tertiary/aromatic N) is 2. The van der Waals surface area contributed by atoms with Crippen LogP contribution < -0.4 is 10.5 Å². The van der Waals surface area contributed by atoms with E-state index in [0.29, 0.717) is 15.6 Å². The maximum Gasteiger partial charge on any atom is 0.262 e. The molecule has 1 amide bonds. The first kappa shape index (κ1) is 23.1. The summed E-state index contributed by atoms with van der Waals surface area (Å²) in [5.41, 5.74) is 7.46. The maximum absolute atomic E-state index is 13.3. The Kier molecular flexibility index (Phi) is 7.37. The number of aliphatic hydroxyl groups is 1. The van der Waals surface area contributed by atoms with Crippen LogP contribution in [-0.4, -0.2) is 42.1 Å². The molecule has 1 atom stereocenters. The summed E-state index contributed by atoms with van der Waals surface area (Å²) in [6, 6.07) is 16.4. The van der Waals surface area contributed by atoms with E-state index in [-0.39, 0.29) is 11.4 Å². The van der Waals surface area contributed by atoms with Gasteiger partial charge in [0.2, 0.25) is 16.3 Å². The summed E-state index contributed by atoms with van der Waals surface area (Å²) in [4.78, 5) is 15.6. The average Bonchev–Trinajstić information content (AvgIpc) is 2.81. The molecule has 2 aromatic carbocycles. The Morgan fingerprint density at radius 3 is 2.38 bits per heavy atom. The monoisotopic (exact) mass is 453 g/mol. The first-order valence-corrected chi connectivity index (χ1v) is 11.1. The molecule has 0 aliphatic carbocycles. The fourth-order valence-corrected chi connectivity index (χ4v) is 4.42. The van der Waals surface area contributed by atoms with E-state index in [2.05, 4.69) is 4.98 Å². The predicted molar refractivity (Wildman–Crippen MR) is 121 cm³/mol. The summed E-state index contributed by atoms with van der Waals surface area (Å²) >= 11 is 0. The van der Waals surface area contributed by atoms with Crippen LogP contribution in [0.2, 0.25) is 0 Å². The van der Waals surface area contributed by atoms with Gasteiger partial charge in [0, 0.05) is 18.9 Å². The molecule has 0 fully saturated rings. The van der Waals surface area contributed by atoms with Crippen molar-refractivity contribution in [3.8, 4) is 5.75 Å². The van der Waals surface area contributed by atoms with E-state index in [0.717, 1.165) is 11.1 Å². The van der Waals surface area contributed by atoms with Crippen molar-refractivity contribution in [3.63, 3.8) is 0 Å². The molecule has 1 unspecified atom stereocenters. The van der Waals surface area contributed by atoms with E-state index < -0.39 is 22.2 Å². The van der Waals surface area contributed by atoms with E-state index in [1.165, 1.54) is 31.4 Å². The third kappa shape index (κ3) is 5.38. The zero-order chi connectivity index (χ0) is 23.1. The SMILES string of the molecule is COc1ccc(S(=O)(=O)N(Cc2ccccc2/C=C/c2ccncc2)C(O)C(N)=O)cc1. The van der Waals surface area contributed by atoms with Crippen molar-refractivity contribution in [2.45, 2.75) is 17.7 Å². The van der Waals surface area contributed by atoms with Crippen LogP contribution in [0.4, 0.5) is 0 Å². The van der Waals surface area contributed by atoms with Gasteiger partial charge < -0.3 is 15.6 Å². The van der Waals surface area contributed by atoms with Crippen LogP contribution in [0.5, 0.6) is 5.75 Å². The van der Waals surface area contributed by atoms with Gasteiger partial charge in [-0.25, -0.2) is 8.42 Å². The maximum atomic E-state index is 13.3. The molecule has 166 valence electrons. The van der Waals surface area contributed by atoms with Gasteiger partial charge in [-0.1, -0.05) is 36.4 Å². The first-order chi connectivity index (χ1) is 15.3. The minimum absolute atomic E-state index is 0.108. The summed E-state index contributed by atoms with van der Waals surface area (Å²) in [5.74, 6) is -0.704. The number of primary amides is 1. The minimum atomic E-state index is -4.26. The van der Waals surface area contributed by atoms with Crippen LogP contribution in [0, 0.1) is 0 Å². The predicted octanol–water partition coefficient (Wildman–Crippen LogP) is 2.26. The Labute approximate surface area is 186 Å². The second-order valence-electron chi connectivity index (χ2n) is 6.81. The quantitative estimate of drug-likeness (QED) is 0.479. The lowest BCUT2D eigenvalue weighted by Gasteiger charge is -2.26. The molecule has 3 N–H and O–H groups in total. The number of amides is 1. The average molecular weight is 454 g/mol. The number of methoxy groups -OCH3 is 1. The van der Waals surface area contributed by atoms with Crippen LogP contribution in [-0.2, 0) is 21.4 Å². The second-order valence-corrected chi connectivity index (χ2v) is 8.71. The Morgan fingerprint density at radius 1 is 1.09 bits per heavy atom. The topological polar surface area (TPSA) is 123 Å². The highest BCUT2D eigenvalue weighted by molar-refractivity contribution is 7.89. The molecule has 0 aliphatic rings. The summed E-state index contributed by atoms with van der Waals surface area (Å²) in [7, 11) is -2.80. The number of benzene rings is 2. The van der Waals surface area contributed by atoms with Gasteiger partial charge in [0.05, 0.1) is 12.0 Å². The van der Waals surface area contributed by atoms with Crippen molar-refractivity contribution < 1.29 is 23.1 Å². The van der Waals surface area contributed by atoms with Crippen molar-refractivity contribution in [2.75, 3.05) is 7.11 Å². The van der Waals surface area contributed by atoms with Crippen LogP contribution in [0.3, 0.4) is 0 Å². The van der Waals surface area contributed by atoms with Crippen LogP contribution in [0.15, 0.2) is 78.0 Å². The highest BCUT2D eigenvalue weighted by Crippen LogP contribution is 2.24. The third-order valence-corrected chi connectivity index (χ3v) is 6.55. The summed E-state index contributed by atoms with van der Waals surface area (Å²) < 4.78 is 32.3. The summed E-state index contributed by atoms with van der Waals surface area (Å²) in [6.45, 7) is -0.269. The van der Waals surface area contributed by atoms with E-state index >= 15 is 0 Å². The van der Waals surface area contributed by atoms with Crippen LogP contribution in [0.1, 0.15) is 16.7 Å². The molecule has 0 radical (unpaired) electrons. The number of sulfonamides is 1. The molecule has 1 aromatic heterocycles. The number of aliphatic hydroxyl groups excluding tert-OH is 1. The Bertz CT molecular complexity index is 1200. The lowest BCUT2D eigenvalue weighted by molar-refractivity contribution is -0.132. The number of aromatic nitrogens is 1. The number of hydrogen-bond acceptors (Lipinski definition) is 6. The number of carbonyl (C=O) groups excluding carboxylic acids is 1. The van der Waals surface area contributed by atoms with Gasteiger partial charge in [0.1, 0.15) is 5.75 Å². The molecule has 3 rings (SSSR count). The minimum Gasteiger partial charge on any atom is -0.497 e. The molecule has 9 heteroatoms. The molecule has 32 heavy (non-hydrogen) atoms. The van der Waals surface area contributed by atoms with E-state index in [9.17, 15) is 18.3 Å². The Balaban J connectivity index is 1.98. The third-order valence-electron chi connectivity index (χ3n) is 4.74. The van der Waals surface area contributed by atoms with Crippen molar-refractivity contribution in [1.29, 1.82) is 0 Å². The van der Waals surface area contributed by atoms with Gasteiger partial charge in [-0.15, -0.1) is 0 Å².